The number of carbonyl (C=O) groups is 2. The highest BCUT2D eigenvalue weighted by atomic mass is 16.5. The third-order valence-corrected chi connectivity index (χ3v) is 5.48. The number of ether oxygens (including phenoxy) is 1. The number of nitrogens with one attached hydrogen (secondary N) is 2. The van der Waals surface area contributed by atoms with E-state index in [9.17, 15) is 9.59 Å². The van der Waals surface area contributed by atoms with Gasteiger partial charge in [-0.1, -0.05) is 36.4 Å². The van der Waals surface area contributed by atoms with E-state index in [1.165, 1.54) is 4.90 Å². The third kappa shape index (κ3) is 5.48. The van der Waals surface area contributed by atoms with Gasteiger partial charge in [0, 0.05) is 17.3 Å². The van der Waals surface area contributed by atoms with Crippen LogP contribution in [0, 0.1) is 13.8 Å². The second-order valence-electron chi connectivity index (χ2n) is 7.64. The lowest BCUT2D eigenvalue weighted by molar-refractivity contribution is -0.895. The van der Waals surface area contributed by atoms with Gasteiger partial charge >= 0.3 is 0 Å². The number of methoxy groups -OCH3 is 1. The van der Waals surface area contributed by atoms with Crippen LogP contribution in [0.2, 0.25) is 0 Å². The van der Waals surface area contributed by atoms with Crippen LogP contribution in [-0.2, 0) is 9.59 Å². The smallest absolute Gasteiger partial charge is 0.279 e. The molecule has 6 nitrogen and oxygen atoms in total. The summed E-state index contributed by atoms with van der Waals surface area (Å²) < 4.78 is 5.31. The fourth-order valence-electron chi connectivity index (χ4n) is 3.71. The van der Waals surface area contributed by atoms with Gasteiger partial charge in [0.2, 0.25) is 5.91 Å². The van der Waals surface area contributed by atoms with Gasteiger partial charge in [-0.05, 0) is 37.1 Å². The molecule has 1 aliphatic rings. The molecule has 6 heteroatoms. The molecule has 2 aromatic rings. The number of para-hydroxylation sites is 2. The molecule has 0 saturated carbocycles. The van der Waals surface area contributed by atoms with E-state index in [-0.39, 0.29) is 11.8 Å². The number of quaternary nitrogens is 1. The van der Waals surface area contributed by atoms with Crippen molar-refractivity contribution in [2.75, 3.05) is 45.2 Å². The van der Waals surface area contributed by atoms with Crippen LogP contribution in [0.5, 0.6) is 5.75 Å². The van der Waals surface area contributed by atoms with Gasteiger partial charge in [-0.3, -0.25) is 9.59 Å². The molecule has 0 aliphatic carbocycles. The maximum absolute atomic E-state index is 12.5. The zero-order valence-electron chi connectivity index (χ0n) is 17.9. The van der Waals surface area contributed by atoms with Crippen LogP contribution >= 0.6 is 0 Å². The van der Waals surface area contributed by atoms with E-state index in [0.717, 1.165) is 41.2 Å². The van der Waals surface area contributed by atoms with Gasteiger partial charge < -0.3 is 19.9 Å². The molecule has 1 heterocycles. The van der Waals surface area contributed by atoms with Gasteiger partial charge in [-0.2, -0.15) is 0 Å². The molecule has 0 radical (unpaired) electrons. The average Bonchev–Trinajstić information content (AvgIpc) is 2.75. The van der Waals surface area contributed by atoms with Crippen molar-refractivity contribution in [2.45, 2.75) is 13.8 Å². The van der Waals surface area contributed by atoms with Gasteiger partial charge in [-0.25, -0.2) is 0 Å². The third-order valence-electron chi connectivity index (χ3n) is 5.48. The van der Waals surface area contributed by atoms with Crippen LogP contribution in [-0.4, -0.2) is 56.5 Å². The minimum absolute atomic E-state index is 0.0123. The molecule has 3 rings (SSSR count). The van der Waals surface area contributed by atoms with E-state index in [1.54, 1.807) is 19.3 Å². The highest BCUT2D eigenvalue weighted by Gasteiger charge is 2.24. The molecule has 1 saturated heterocycles. The Bertz CT molecular complexity index is 911. The Morgan fingerprint density at radius 1 is 1.07 bits per heavy atom. The SMILES string of the molecule is COc1ccccc1/C=C/C(=O)N1CC[NH+](CC(=O)Nc2c(C)cccc2C)CC1. The molecule has 0 atom stereocenters. The van der Waals surface area contributed by atoms with E-state index in [2.05, 4.69) is 5.32 Å². The predicted molar refractivity (Wildman–Crippen MR) is 119 cm³/mol. The van der Waals surface area contributed by atoms with Gasteiger partial charge in [0.15, 0.2) is 6.54 Å². The quantitative estimate of drug-likeness (QED) is 0.715. The van der Waals surface area contributed by atoms with Crippen LogP contribution in [0.25, 0.3) is 6.08 Å². The maximum Gasteiger partial charge on any atom is 0.279 e. The van der Waals surface area contributed by atoms with Gasteiger partial charge in [0.05, 0.1) is 33.3 Å². The number of amides is 2. The van der Waals surface area contributed by atoms with E-state index in [0.29, 0.717) is 19.6 Å². The molecule has 0 spiro atoms. The summed E-state index contributed by atoms with van der Waals surface area (Å²) in [6.07, 6.45) is 3.38. The lowest BCUT2D eigenvalue weighted by atomic mass is 10.1. The molecular weight excluding hydrogens is 378 g/mol. The molecule has 0 unspecified atom stereocenters. The Morgan fingerprint density at radius 3 is 2.40 bits per heavy atom. The molecular formula is C24H30N3O3+. The lowest BCUT2D eigenvalue weighted by Crippen LogP contribution is -3.15. The molecule has 0 aromatic heterocycles. The van der Waals surface area contributed by atoms with Crippen LogP contribution in [0.3, 0.4) is 0 Å². The fourth-order valence-corrected chi connectivity index (χ4v) is 3.71. The summed E-state index contributed by atoms with van der Waals surface area (Å²) >= 11 is 0. The first-order chi connectivity index (χ1) is 14.5. The van der Waals surface area contributed by atoms with Gasteiger partial charge in [0.25, 0.3) is 5.91 Å². The highest BCUT2D eigenvalue weighted by Crippen LogP contribution is 2.19. The number of aryl methyl sites for hydroxylation is 2. The number of hydrogen-bond donors (Lipinski definition) is 2. The minimum atomic E-state index is -0.0139. The Kier molecular flexibility index (Phi) is 7.25. The number of benzene rings is 2. The molecule has 2 aromatic carbocycles. The van der Waals surface area contributed by atoms with E-state index in [1.807, 2.05) is 61.2 Å². The minimum Gasteiger partial charge on any atom is -0.496 e. The van der Waals surface area contributed by atoms with Crippen molar-refractivity contribution >= 4 is 23.6 Å². The Morgan fingerprint density at radius 2 is 1.73 bits per heavy atom. The van der Waals surface area contributed by atoms with Crippen molar-refractivity contribution in [2.24, 2.45) is 0 Å². The first-order valence-electron chi connectivity index (χ1n) is 10.3. The standard InChI is InChI=1S/C24H29N3O3/c1-18-7-6-8-19(2)24(18)25-22(28)17-26-13-15-27(16-14-26)23(29)12-11-20-9-4-5-10-21(20)30-3/h4-12H,13-17H2,1-3H3,(H,25,28)/p+1/b12-11+. The van der Waals surface area contributed by atoms with Gasteiger partial charge in [-0.15, -0.1) is 0 Å². The summed E-state index contributed by atoms with van der Waals surface area (Å²) in [6.45, 7) is 7.20. The summed E-state index contributed by atoms with van der Waals surface area (Å²) in [7, 11) is 1.62. The van der Waals surface area contributed by atoms with Crippen molar-refractivity contribution in [1.82, 2.24) is 4.90 Å². The number of hydrogen-bond acceptors (Lipinski definition) is 3. The van der Waals surface area contributed by atoms with Crippen molar-refractivity contribution in [3.8, 4) is 5.75 Å². The van der Waals surface area contributed by atoms with E-state index in [4.69, 9.17) is 4.74 Å². The van der Waals surface area contributed by atoms with Gasteiger partial charge in [0.1, 0.15) is 5.75 Å². The first-order valence-corrected chi connectivity index (χ1v) is 10.3. The number of carbonyl (C=O) groups excluding carboxylic acids is 2. The second-order valence-corrected chi connectivity index (χ2v) is 7.64. The molecule has 30 heavy (non-hydrogen) atoms. The number of rotatable bonds is 6. The highest BCUT2D eigenvalue weighted by molar-refractivity contribution is 5.93. The molecule has 0 bridgehead atoms. The monoisotopic (exact) mass is 408 g/mol. The molecule has 1 aliphatic heterocycles. The van der Waals surface area contributed by atoms with Crippen LogP contribution in [0.4, 0.5) is 5.69 Å². The van der Waals surface area contributed by atoms with Crippen molar-refractivity contribution in [1.29, 1.82) is 0 Å². The molecule has 1 fully saturated rings. The van der Waals surface area contributed by atoms with Crippen LogP contribution in [0.1, 0.15) is 16.7 Å². The topological polar surface area (TPSA) is 63.1 Å². The summed E-state index contributed by atoms with van der Waals surface area (Å²) in [5.74, 6) is 0.740. The molecule has 158 valence electrons. The zero-order chi connectivity index (χ0) is 21.5. The number of piperazine rings is 1. The summed E-state index contributed by atoms with van der Waals surface area (Å²) in [5, 5.41) is 3.05. The summed E-state index contributed by atoms with van der Waals surface area (Å²) in [4.78, 5) is 28.0. The molecule has 2 amide bonds. The average molecular weight is 409 g/mol. The molecule has 2 N–H and O–H groups in total. The Labute approximate surface area is 178 Å². The normalized spacial score (nSPS) is 14.7. The predicted octanol–water partition coefficient (Wildman–Crippen LogP) is 1.69. The summed E-state index contributed by atoms with van der Waals surface area (Å²) in [5.41, 5.74) is 3.91. The maximum atomic E-state index is 12.5. The second kappa shape index (κ2) is 10.1. The Balaban J connectivity index is 1.49. The largest absolute Gasteiger partial charge is 0.496 e. The lowest BCUT2D eigenvalue weighted by Gasteiger charge is -2.31. The van der Waals surface area contributed by atoms with Crippen LogP contribution < -0.4 is 15.0 Å². The van der Waals surface area contributed by atoms with E-state index < -0.39 is 0 Å². The number of nitrogens with zero attached hydrogens (tertiary/aromatic N) is 1. The van der Waals surface area contributed by atoms with Crippen molar-refractivity contribution in [3.05, 3.63) is 65.2 Å². The fraction of sp³-hybridized carbons (Fsp3) is 0.333. The Hall–Kier alpha value is -3.12. The van der Waals surface area contributed by atoms with Crippen molar-refractivity contribution in [3.63, 3.8) is 0 Å². The van der Waals surface area contributed by atoms with Crippen molar-refractivity contribution < 1.29 is 19.2 Å². The van der Waals surface area contributed by atoms with Crippen LogP contribution in [0.15, 0.2) is 48.5 Å². The number of anilines is 1. The summed E-state index contributed by atoms with van der Waals surface area (Å²) in [6, 6.07) is 13.6. The zero-order valence-corrected chi connectivity index (χ0v) is 17.9. The first kappa shape index (κ1) is 21.6. The van der Waals surface area contributed by atoms with E-state index >= 15 is 0 Å².